The van der Waals surface area contributed by atoms with Crippen molar-refractivity contribution in [3.8, 4) is 0 Å². The fourth-order valence-corrected chi connectivity index (χ4v) is 0.899. The Kier molecular flexibility index (Phi) is 2.08. The number of cyclic esters (lactones) is 2. The molecule has 1 aliphatic heterocycles. The molecule has 0 N–H and O–H groups in total. The Morgan fingerprint density at radius 1 is 1.25 bits per heavy atom. The summed E-state index contributed by atoms with van der Waals surface area (Å²) >= 11 is 0. The lowest BCUT2D eigenvalue weighted by molar-refractivity contribution is -0.251. The van der Waals surface area contributed by atoms with Crippen LogP contribution in [0.25, 0.3) is 0 Å². The normalized spacial score (nSPS) is 22.0. The quantitative estimate of drug-likeness (QED) is 0.434. The summed E-state index contributed by atoms with van der Waals surface area (Å²) in [4.78, 5) is 21.7. The molecule has 0 aromatic heterocycles. The highest BCUT2D eigenvalue weighted by atomic mass is 16.7. The van der Waals surface area contributed by atoms with Gasteiger partial charge in [0.05, 0.1) is 0 Å². The number of hydrogen-bond acceptors (Lipinski definition) is 4. The zero-order valence-electron chi connectivity index (χ0n) is 7.42. The van der Waals surface area contributed by atoms with Crippen LogP contribution in [0.1, 0.15) is 27.2 Å². The van der Waals surface area contributed by atoms with Gasteiger partial charge in [0.1, 0.15) is 6.42 Å². The van der Waals surface area contributed by atoms with Gasteiger partial charge in [0.25, 0.3) is 5.79 Å². The van der Waals surface area contributed by atoms with E-state index in [0.717, 1.165) is 0 Å². The molecule has 1 rings (SSSR count). The molecule has 4 nitrogen and oxygen atoms in total. The van der Waals surface area contributed by atoms with Crippen LogP contribution in [0.2, 0.25) is 0 Å². The lowest BCUT2D eigenvalue weighted by Gasteiger charge is -2.35. The molecule has 1 saturated heterocycles. The van der Waals surface area contributed by atoms with Crippen LogP contribution in [0.15, 0.2) is 0 Å². The fraction of sp³-hybridized carbons (Fsp3) is 0.750. The van der Waals surface area contributed by atoms with E-state index in [0.29, 0.717) is 0 Å². The van der Waals surface area contributed by atoms with Gasteiger partial charge in [-0.15, -0.1) is 0 Å². The molecule has 0 atom stereocenters. The maximum absolute atomic E-state index is 10.9. The van der Waals surface area contributed by atoms with Gasteiger partial charge in [-0.1, -0.05) is 13.8 Å². The van der Waals surface area contributed by atoms with E-state index in [1.807, 2.05) is 13.8 Å². The van der Waals surface area contributed by atoms with E-state index in [9.17, 15) is 9.59 Å². The van der Waals surface area contributed by atoms with Crippen LogP contribution in [0, 0.1) is 5.92 Å². The van der Waals surface area contributed by atoms with Crippen LogP contribution in [0.5, 0.6) is 0 Å². The third-order valence-corrected chi connectivity index (χ3v) is 1.97. The van der Waals surface area contributed by atoms with Crippen LogP contribution < -0.4 is 0 Å². The second-order valence-corrected chi connectivity index (χ2v) is 3.30. The maximum atomic E-state index is 10.9. The highest BCUT2D eigenvalue weighted by molar-refractivity contribution is 5.93. The SMILES string of the molecule is CC(C)C1(C)OC(=O)CC(=O)O1. The number of carbonyl (C=O) groups is 2. The van der Waals surface area contributed by atoms with Crippen molar-refractivity contribution >= 4 is 11.9 Å². The van der Waals surface area contributed by atoms with Gasteiger partial charge in [0.15, 0.2) is 0 Å². The molecule has 0 aromatic rings. The van der Waals surface area contributed by atoms with Crippen LogP contribution in [-0.4, -0.2) is 17.7 Å². The van der Waals surface area contributed by atoms with Gasteiger partial charge in [-0.2, -0.15) is 0 Å². The van der Waals surface area contributed by atoms with E-state index in [4.69, 9.17) is 9.47 Å². The summed E-state index contributed by atoms with van der Waals surface area (Å²) in [5.74, 6) is -2.14. The first-order valence-electron chi connectivity index (χ1n) is 3.88. The van der Waals surface area contributed by atoms with Crippen molar-refractivity contribution in [1.29, 1.82) is 0 Å². The molecule has 4 heteroatoms. The molecular weight excluding hydrogens is 160 g/mol. The van der Waals surface area contributed by atoms with Crippen molar-refractivity contribution in [1.82, 2.24) is 0 Å². The summed E-state index contributed by atoms with van der Waals surface area (Å²) in [6.45, 7) is 5.24. The molecule has 0 aliphatic carbocycles. The van der Waals surface area contributed by atoms with Crippen LogP contribution >= 0.6 is 0 Å². The largest absolute Gasteiger partial charge is 0.422 e. The summed E-state index contributed by atoms with van der Waals surface area (Å²) < 4.78 is 9.85. The Morgan fingerprint density at radius 2 is 1.67 bits per heavy atom. The van der Waals surface area contributed by atoms with Gasteiger partial charge >= 0.3 is 11.9 Å². The number of ether oxygens (including phenoxy) is 2. The Labute approximate surface area is 70.8 Å². The minimum Gasteiger partial charge on any atom is -0.422 e. The smallest absolute Gasteiger partial charge is 0.320 e. The summed E-state index contributed by atoms with van der Waals surface area (Å²) in [5.41, 5.74) is 0. The summed E-state index contributed by atoms with van der Waals surface area (Å²) in [6.07, 6.45) is -0.275. The minimum atomic E-state index is -1.08. The van der Waals surface area contributed by atoms with Crippen LogP contribution in [0.4, 0.5) is 0 Å². The maximum Gasteiger partial charge on any atom is 0.320 e. The van der Waals surface area contributed by atoms with E-state index in [1.165, 1.54) is 0 Å². The highest BCUT2D eigenvalue weighted by Gasteiger charge is 2.41. The predicted octanol–water partition coefficient (Wildman–Crippen LogP) is 0.849. The molecule has 0 saturated carbocycles. The van der Waals surface area contributed by atoms with E-state index >= 15 is 0 Å². The Balaban J connectivity index is 2.78. The lowest BCUT2D eigenvalue weighted by Crippen LogP contribution is -2.46. The number of rotatable bonds is 1. The monoisotopic (exact) mass is 172 g/mol. The van der Waals surface area contributed by atoms with E-state index in [1.54, 1.807) is 6.92 Å². The van der Waals surface area contributed by atoms with Gasteiger partial charge in [0, 0.05) is 12.8 Å². The zero-order chi connectivity index (χ0) is 9.35. The number of carbonyl (C=O) groups excluding carboxylic acids is 2. The lowest BCUT2D eigenvalue weighted by atomic mass is 10.0. The van der Waals surface area contributed by atoms with Crippen molar-refractivity contribution in [2.75, 3.05) is 0 Å². The highest BCUT2D eigenvalue weighted by Crippen LogP contribution is 2.27. The van der Waals surface area contributed by atoms with Crippen LogP contribution in [-0.2, 0) is 19.1 Å². The number of hydrogen-bond donors (Lipinski definition) is 0. The van der Waals surface area contributed by atoms with Gasteiger partial charge in [0.2, 0.25) is 0 Å². The molecule has 1 fully saturated rings. The van der Waals surface area contributed by atoms with Crippen molar-refractivity contribution in [3.63, 3.8) is 0 Å². The Bertz CT molecular complexity index is 203. The first-order valence-corrected chi connectivity index (χ1v) is 3.88. The van der Waals surface area contributed by atoms with Gasteiger partial charge in [-0.25, -0.2) is 0 Å². The average molecular weight is 172 g/mol. The average Bonchev–Trinajstić information content (AvgIpc) is 1.82. The van der Waals surface area contributed by atoms with Crippen LogP contribution in [0.3, 0.4) is 0 Å². The standard InChI is InChI=1S/C8H12O4/c1-5(2)8(3)11-6(9)4-7(10)12-8/h5H,4H2,1-3H3. The molecule has 12 heavy (non-hydrogen) atoms. The third-order valence-electron chi connectivity index (χ3n) is 1.97. The van der Waals surface area contributed by atoms with E-state index in [2.05, 4.69) is 0 Å². The van der Waals surface area contributed by atoms with E-state index < -0.39 is 17.7 Å². The molecule has 0 bridgehead atoms. The predicted molar refractivity (Wildman–Crippen MR) is 40.0 cm³/mol. The van der Waals surface area contributed by atoms with Crippen molar-refractivity contribution in [3.05, 3.63) is 0 Å². The van der Waals surface area contributed by atoms with Crippen molar-refractivity contribution in [2.24, 2.45) is 5.92 Å². The van der Waals surface area contributed by atoms with Crippen molar-refractivity contribution in [2.45, 2.75) is 33.0 Å². The fourth-order valence-electron chi connectivity index (χ4n) is 0.899. The molecule has 0 aromatic carbocycles. The van der Waals surface area contributed by atoms with E-state index in [-0.39, 0.29) is 12.3 Å². The number of esters is 2. The second kappa shape index (κ2) is 2.77. The molecule has 68 valence electrons. The zero-order valence-corrected chi connectivity index (χ0v) is 7.42. The van der Waals surface area contributed by atoms with Gasteiger partial charge in [-0.3, -0.25) is 9.59 Å². The van der Waals surface area contributed by atoms with Crippen molar-refractivity contribution < 1.29 is 19.1 Å². The topological polar surface area (TPSA) is 52.6 Å². The Hall–Kier alpha value is -1.06. The minimum absolute atomic E-state index is 0.0364. The molecule has 0 spiro atoms. The summed E-state index contributed by atoms with van der Waals surface area (Å²) in [6, 6.07) is 0. The third kappa shape index (κ3) is 1.57. The molecule has 0 radical (unpaired) electrons. The molecule has 0 unspecified atom stereocenters. The molecule has 1 heterocycles. The molecular formula is C8H12O4. The summed E-state index contributed by atoms with van der Waals surface area (Å²) in [7, 11) is 0. The first-order chi connectivity index (χ1) is 5.44. The second-order valence-electron chi connectivity index (χ2n) is 3.30. The molecule has 0 amide bonds. The molecule has 1 aliphatic rings. The summed E-state index contributed by atoms with van der Waals surface area (Å²) in [5, 5.41) is 0. The Morgan fingerprint density at radius 3 is 2.00 bits per heavy atom. The van der Waals surface area contributed by atoms with Gasteiger partial charge in [-0.05, 0) is 0 Å². The first kappa shape index (κ1) is 9.03. The van der Waals surface area contributed by atoms with Gasteiger partial charge < -0.3 is 9.47 Å².